The molecule has 3 rings (SSSR count). The molecule has 1 fully saturated rings. The van der Waals surface area contributed by atoms with Crippen molar-refractivity contribution in [3.63, 3.8) is 0 Å². The number of halogens is 2. The molecule has 0 spiro atoms. The lowest BCUT2D eigenvalue weighted by atomic mass is 9.91. The average molecular weight is 419 g/mol. The normalized spacial score (nSPS) is 18.9. The summed E-state index contributed by atoms with van der Waals surface area (Å²) >= 11 is 0. The predicted molar refractivity (Wildman–Crippen MR) is 114 cm³/mol. The van der Waals surface area contributed by atoms with Crippen LogP contribution in [0.25, 0.3) is 0 Å². The Morgan fingerprint density at radius 3 is 2.40 bits per heavy atom. The molecule has 0 bridgehead atoms. The van der Waals surface area contributed by atoms with Crippen LogP contribution in [-0.4, -0.2) is 25.9 Å². The minimum absolute atomic E-state index is 0.0161. The zero-order chi connectivity index (χ0) is 21.3. The molecule has 5 heteroatoms. The molecule has 0 aromatic heterocycles. The van der Waals surface area contributed by atoms with E-state index in [0.717, 1.165) is 44.3 Å². The Labute approximate surface area is 178 Å². The first kappa shape index (κ1) is 22.5. The maximum Gasteiger partial charge on any atom is 0.200 e. The Morgan fingerprint density at radius 1 is 0.933 bits per heavy atom. The van der Waals surface area contributed by atoms with Crippen molar-refractivity contribution in [2.45, 2.75) is 64.4 Å². The molecule has 3 nitrogen and oxygen atoms in total. The molecule has 1 heterocycles. The van der Waals surface area contributed by atoms with Crippen molar-refractivity contribution in [2.24, 2.45) is 0 Å². The first-order chi connectivity index (χ1) is 14.6. The number of aryl methyl sites for hydroxylation is 1. The molecule has 0 amide bonds. The minimum Gasteiger partial charge on any atom is -0.491 e. The fourth-order valence-electron chi connectivity index (χ4n) is 3.71. The van der Waals surface area contributed by atoms with Crippen LogP contribution in [0.4, 0.5) is 8.78 Å². The van der Waals surface area contributed by atoms with Crippen LogP contribution in [-0.2, 0) is 11.2 Å². The standard InChI is InChI=1S/C25H32F2O3/c1-3-5-15-28-23-14-13-22(24(26)25(23)27)19-9-12-21(29-16-19)17-30-20-10-7-18(6-4-2)8-11-20/h7-8,10-11,13-14,19,21H,3-6,9,12,15-17H2,1-2H3. The molecule has 1 aliphatic rings. The predicted octanol–water partition coefficient (Wildman–Crippen LogP) is 6.44. The van der Waals surface area contributed by atoms with Crippen LogP contribution in [0.15, 0.2) is 36.4 Å². The molecule has 30 heavy (non-hydrogen) atoms. The summed E-state index contributed by atoms with van der Waals surface area (Å²) in [7, 11) is 0. The van der Waals surface area contributed by atoms with Crippen molar-refractivity contribution in [3.8, 4) is 11.5 Å². The maximum absolute atomic E-state index is 14.6. The van der Waals surface area contributed by atoms with Gasteiger partial charge in [-0.15, -0.1) is 0 Å². The Bertz CT molecular complexity index is 784. The zero-order valence-electron chi connectivity index (χ0n) is 18.0. The van der Waals surface area contributed by atoms with E-state index in [1.165, 1.54) is 11.6 Å². The van der Waals surface area contributed by atoms with Crippen molar-refractivity contribution in [1.82, 2.24) is 0 Å². The SMILES string of the molecule is CCCCOc1ccc(C2CCC(COc3ccc(CCC)cc3)OC2)c(F)c1F. The van der Waals surface area contributed by atoms with Gasteiger partial charge in [-0.05, 0) is 55.0 Å². The summed E-state index contributed by atoms with van der Waals surface area (Å²) in [6, 6.07) is 11.3. The zero-order valence-corrected chi connectivity index (χ0v) is 18.0. The van der Waals surface area contributed by atoms with E-state index in [1.807, 2.05) is 19.1 Å². The number of unbranched alkanes of at least 4 members (excludes halogenated alkanes) is 1. The molecule has 1 aliphatic heterocycles. The third-order valence-electron chi connectivity index (χ3n) is 5.54. The van der Waals surface area contributed by atoms with Crippen molar-refractivity contribution in [3.05, 3.63) is 59.2 Å². The molecule has 0 radical (unpaired) electrons. The molecule has 2 aromatic rings. The summed E-state index contributed by atoms with van der Waals surface area (Å²) in [6.07, 6.45) is 5.38. The molecular formula is C25H32F2O3. The highest BCUT2D eigenvalue weighted by Crippen LogP contribution is 2.33. The fraction of sp³-hybridized carbons (Fsp3) is 0.520. The molecule has 0 N–H and O–H groups in total. The van der Waals surface area contributed by atoms with Crippen LogP contribution < -0.4 is 9.47 Å². The van der Waals surface area contributed by atoms with Gasteiger partial charge in [0.15, 0.2) is 11.6 Å². The highest BCUT2D eigenvalue weighted by molar-refractivity contribution is 5.33. The van der Waals surface area contributed by atoms with Gasteiger partial charge in [0.2, 0.25) is 5.82 Å². The van der Waals surface area contributed by atoms with Crippen molar-refractivity contribution < 1.29 is 23.0 Å². The fourth-order valence-corrected chi connectivity index (χ4v) is 3.71. The quantitative estimate of drug-likeness (QED) is 0.416. The Morgan fingerprint density at radius 2 is 1.73 bits per heavy atom. The van der Waals surface area contributed by atoms with Crippen LogP contribution in [0.1, 0.15) is 63.0 Å². The van der Waals surface area contributed by atoms with Gasteiger partial charge in [-0.3, -0.25) is 0 Å². The van der Waals surface area contributed by atoms with Crippen LogP contribution in [0.3, 0.4) is 0 Å². The number of benzene rings is 2. The van der Waals surface area contributed by atoms with Gasteiger partial charge in [-0.25, -0.2) is 4.39 Å². The maximum atomic E-state index is 14.6. The first-order valence-electron chi connectivity index (χ1n) is 11.1. The molecular weight excluding hydrogens is 386 g/mol. The van der Waals surface area contributed by atoms with E-state index in [9.17, 15) is 8.78 Å². The second kappa shape index (κ2) is 11.3. The van der Waals surface area contributed by atoms with E-state index < -0.39 is 11.6 Å². The van der Waals surface area contributed by atoms with Crippen LogP contribution >= 0.6 is 0 Å². The largest absolute Gasteiger partial charge is 0.491 e. The van der Waals surface area contributed by atoms with Gasteiger partial charge >= 0.3 is 0 Å². The lowest BCUT2D eigenvalue weighted by molar-refractivity contribution is -0.0218. The van der Waals surface area contributed by atoms with E-state index in [2.05, 4.69) is 19.1 Å². The number of ether oxygens (including phenoxy) is 3. The third-order valence-corrected chi connectivity index (χ3v) is 5.54. The molecule has 0 saturated carbocycles. The van der Waals surface area contributed by atoms with Gasteiger partial charge in [-0.2, -0.15) is 4.39 Å². The summed E-state index contributed by atoms with van der Waals surface area (Å²) in [6.45, 7) is 5.39. The highest BCUT2D eigenvalue weighted by Gasteiger charge is 2.27. The summed E-state index contributed by atoms with van der Waals surface area (Å²) < 4.78 is 46.0. The second-order valence-electron chi connectivity index (χ2n) is 7.92. The van der Waals surface area contributed by atoms with Gasteiger partial charge in [0, 0.05) is 5.92 Å². The minimum atomic E-state index is -0.902. The van der Waals surface area contributed by atoms with E-state index in [-0.39, 0.29) is 17.8 Å². The van der Waals surface area contributed by atoms with Gasteiger partial charge in [-0.1, -0.05) is 44.9 Å². The van der Waals surface area contributed by atoms with Gasteiger partial charge < -0.3 is 14.2 Å². The number of hydrogen-bond donors (Lipinski definition) is 0. The summed E-state index contributed by atoms with van der Waals surface area (Å²) in [5.41, 5.74) is 1.67. The van der Waals surface area contributed by atoms with Crippen LogP contribution in [0.5, 0.6) is 11.5 Å². The first-order valence-corrected chi connectivity index (χ1v) is 11.1. The third kappa shape index (κ3) is 5.94. The van der Waals surface area contributed by atoms with Gasteiger partial charge in [0.1, 0.15) is 12.4 Å². The molecule has 0 aliphatic carbocycles. The highest BCUT2D eigenvalue weighted by atomic mass is 19.2. The van der Waals surface area contributed by atoms with E-state index >= 15 is 0 Å². The second-order valence-corrected chi connectivity index (χ2v) is 7.92. The van der Waals surface area contributed by atoms with Crippen molar-refractivity contribution in [2.75, 3.05) is 19.8 Å². The Balaban J connectivity index is 1.49. The average Bonchev–Trinajstić information content (AvgIpc) is 2.77. The van der Waals surface area contributed by atoms with E-state index in [0.29, 0.717) is 25.4 Å². The van der Waals surface area contributed by atoms with Crippen LogP contribution in [0, 0.1) is 11.6 Å². The van der Waals surface area contributed by atoms with Crippen molar-refractivity contribution in [1.29, 1.82) is 0 Å². The summed E-state index contributed by atoms with van der Waals surface area (Å²) in [5.74, 6) is -1.07. The summed E-state index contributed by atoms with van der Waals surface area (Å²) in [4.78, 5) is 0. The molecule has 2 aromatic carbocycles. The molecule has 2 atom stereocenters. The smallest absolute Gasteiger partial charge is 0.200 e. The number of rotatable bonds is 10. The lowest BCUT2D eigenvalue weighted by Crippen LogP contribution is -2.30. The molecule has 2 unspecified atom stereocenters. The molecule has 164 valence electrons. The Kier molecular flexibility index (Phi) is 8.50. The Hall–Kier alpha value is -2.14. The topological polar surface area (TPSA) is 27.7 Å². The number of hydrogen-bond acceptors (Lipinski definition) is 3. The monoisotopic (exact) mass is 418 g/mol. The van der Waals surface area contributed by atoms with E-state index in [4.69, 9.17) is 14.2 Å². The van der Waals surface area contributed by atoms with Gasteiger partial charge in [0.25, 0.3) is 0 Å². The summed E-state index contributed by atoms with van der Waals surface area (Å²) in [5, 5.41) is 0. The lowest BCUT2D eigenvalue weighted by Gasteiger charge is -2.29. The van der Waals surface area contributed by atoms with Crippen LogP contribution in [0.2, 0.25) is 0 Å². The molecule has 1 saturated heterocycles. The van der Waals surface area contributed by atoms with Gasteiger partial charge in [0.05, 0.1) is 19.3 Å². The van der Waals surface area contributed by atoms with Crippen molar-refractivity contribution >= 4 is 0 Å². The van der Waals surface area contributed by atoms with E-state index in [1.54, 1.807) is 6.07 Å².